The summed E-state index contributed by atoms with van der Waals surface area (Å²) in [4.78, 5) is 38.4. The Labute approximate surface area is 175 Å². The third kappa shape index (κ3) is 6.64. The van der Waals surface area contributed by atoms with Gasteiger partial charge in [0.05, 0.1) is 0 Å². The fourth-order valence-electron chi connectivity index (χ4n) is 2.66. The normalized spacial score (nSPS) is 11.1. The molecule has 2 rings (SSSR count). The van der Waals surface area contributed by atoms with Crippen molar-refractivity contribution in [2.45, 2.75) is 43.9 Å². The summed E-state index contributed by atoms with van der Waals surface area (Å²) in [5, 5.41) is 2.69. The number of amides is 3. The lowest BCUT2D eigenvalue weighted by atomic mass is 10.1. The summed E-state index contributed by atoms with van der Waals surface area (Å²) in [5.74, 6) is -1.85. The third-order valence-electron chi connectivity index (χ3n) is 4.07. The number of carbonyl (C=O) groups is 3. The van der Waals surface area contributed by atoms with Gasteiger partial charge in [-0.25, -0.2) is 0 Å². The van der Waals surface area contributed by atoms with Gasteiger partial charge in [-0.3, -0.25) is 14.4 Å². The Bertz CT molecular complexity index is 918. The maximum atomic E-state index is 12.4. The summed E-state index contributed by atoms with van der Waals surface area (Å²) in [6, 6.07) is 12.4. The van der Waals surface area contributed by atoms with Crippen molar-refractivity contribution in [1.29, 1.82) is 0 Å². The van der Waals surface area contributed by atoms with Crippen molar-refractivity contribution in [2.75, 3.05) is 12.4 Å². The highest BCUT2D eigenvalue weighted by Crippen LogP contribution is 2.33. The van der Waals surface area contributed by atoms with Crippen LogP contribution in [0.1, 0.15) is 42.3 Å². The minimum atomic E-state index is -0.694. The van der Waals surface area contributed by atoms with Gasteiger partial charge in [0.15, 0.2) is 0 Å². The van der Waals surface area contributed by atoms with E-state index in [4.69, 9.17) is 5.73 Å². The van der Waals surface area contributed by atoms with Gasteiger partial charge >= 0.3 is 11.8 Å². The molecule has 0 saturated heterocycles. The maximum Gasteiger partial charge on any atom is 0.313 e. The van der Waals surface area contributed by atoms with Crippen molar-refractivity contribution >= 4 is 35.2 Å². The predicted molar refractivity (Wildman–Crippen MR) is 117 cm³/mol. The average Bonchev–Trinajstić information content (AvgIpc) is 2.62. The molecule has 29 heavy (non-hydrogen) atoms. The number of primary amides is 1. The van der Waals surface area contributed by atoms with E-state index in [0.29, 0.717) is 11.3 Å². The molecular weight excluding hydrogens is 386 g/mol. The number of aryl methyl sites for hydroxylation is 1. The van der Waals surface area contributed by atoms with Crippen LogP contribution in [0.5, 0.6) is 0 Å². The second-order valence-electron chi connectivity index (χ2n) is 7.87. The predicted octanol–water partition coefficient (Wildman–Crippen LogP) is 3.58. The number of benzene rings is 2. The van der Waals surface area contributed by atoms with E-state index in [0.717, 1.165) is 16.0 Å². The summed E-state index contributed by atoms with van der Waals surface area (Å²) in [7, 11) is 1.56. The Morgan fingerprint density at radius 2 is 1.69 bits per heavy atom. The standard InChI is InChI=1S/C22H27N3O3S/c1-14-12-17(29-22(2,3)4)10-11-18(14)24-20(27)21(28)25(5)13-15-6-8-16(9-7-15)19(23)26/h6-12H,13H2,1-5H3,(H2,23,26)(H,24,27). The van der Waals surface area contributed by atoms with E-state index in [1.165, 1.54) is 4.90 Å². The van der Waals surface area contributed by atoms with Crippen molar-refractivity contribution in [3.05, 3.63) is 59.2 Å². The fraction of sp³-hybridized carbons (Fsp3) is 0.318. The molecule has 0 bridgehead atoms. The van der Waals surface area contributed by atoms with Crippen LogP contribution in [-0.4, -0.2) is 34.4 Å². The van der Waals surface area contributed by atoms with Gasteiger partial charge in [0, 0.05) is 34.5 Å². The molecule has 0 saturated carbocycles. The van der Waals surface area contributed by atoms with Gasteiger partial charge in [-0.2, -0.15) is 0 Å². The number of hydrogen-bond donors (Lipinski definition) is 2. The molecule has 154 valence electrons. The fourth-order valence-corrected chi connectivity index (χ4v) is 3.74. The molecule has 0 atom stereocenters. The SMILES string of the molecule is Cc1cc(SC(C)(C)C)ccc1NC(=O)C(=O)N(C)Cc1ccc(C(N)=O)cc1. The number of anilines is 1. The summed E-state index contributed by atoms with van der Waals surface area (Å²) in [6.45, 7) is 8.55. The highest BCUT2D eigenvalue weighted by Gasteiger charge is 2.20. The molecule has 2 aromatic rings. The molecule has 7 heteroatoms. The van der Waals surface area contributed by atoms with Crippen LogP contribution in [0.3, 0.4) is 0 Å². The number of carbonyl (C=O) groups excluding carboxylic acids is 3. The van der Waals surface area contributed by atoms with Crippen molar-refractivity contribution in [2.24, 2.45) is 5.73 Å². The van der Waals surface area contributed by atoms with Crippen molar-refractivity contribution < 1.29 is 14.4 Å². The van der Waals surface area contributed by atoms with Crippen molar-refractivity contribution in [3.63, 3.8) is 0 Å². The summed E-state index contributed by atoms with van der Waals surface area (Å²) in [6.07, 6.45) is 0. The molecule has 6 nitrogen and oxygen atoms in total. The lowest BCUT2D eigenvalue weighted by molar-refractivity contribution is -0.142. The first-order valence-corrected chi connectivity index (χ1v) is 10.0. The van der Waals surface area contributed by atoms with Gasteiger partial charge < -0.3 is 16.0 Å². The first kappa shape index (κ1) is 22.5. The van der Waals surface area contributed by atoms with Crippen LogP contribution in [0.2, 0.25) is 0 Å². The lowest BCUT2D eigenvalue weighted by Crippen LogP contribution is -2.36. The van der Waals surface area contributed by atoms with Crippen LogP contribution in [0.15, 0.2) is 47.4 Å². The largest absolute Gasteiger partial charge is 0.366 e. The molecule has 0 aromatic heterocycles. The second-order valence-corrected chi connectivity index (χ2v) is 9.77. The van der Waals surface area contributed by atoms with Gasteiger partial charge in [0.1, 0.15) is 0 Å². The Morgan fingerprint density at radius 1 is 1.07 bits per heavy atom. The van der Waals surface area contributed by atoms with Gasteiger partial charge in [-0.15, -0.1) is 11.8 Å². The molecule has 0 aliphatic rings. The second kappa shape index (κ2) is 9.13. The van der Waals surface area contributed by atoms with Crippen LogP contribution >= 0.6 is 11.8 Å². The van der Waals surface area contributed by atoms with E-state index < -0.39 is 17.7 Å². The lowest BCUT2D eigenvalue weighted by Gasteiger charge is -2.19. The number of rotatable bonds is 5. The van der Waals surface area contributed by atoms with E-state index in [2.05, 4.69) is 26.1 Å². The molecule has 0 spiro atoms. The Balaban J connectivity index is 2.00. The van der Waals surface area contributed by atoms with Crippen LogP contribution in [0.4, 0.5) is 5.69 Å². The maximum absolute atomic E-state index is 12.4. The molecule has 0 heterocycles. The zero-order valence-corrected chi connectivity index (χ0v) is 18.2. The van der Waals surface area contributed by atoms with E-state index >= 15 is 0 Å². The minimum absolute atomic E-state index is 0.0888. The molecule has 3 amide bonds. The molecule has 0 fully saturated rings. The van der Waals surface area contributed by atoms with E-state index in [1.54, 1.807) is 43.1 Å². The Kier molecular flexibility index (Phi) is 7.08. The average molecular weight is 414 g/mol. The van der Waals surface area contributed by atoms with Gasteiger partial charge in [-0.05, 0) is 48.4 Å². The van der Waals surface area contributed by atoms with Crippen LogP contribution in [0.25, 0.3) is 0 Å². The van der Waals surface area contributed by atoms with E-state index in [1.807, 2.05) is 25.1 Å². The van der Waals surface area contributed by atoms with Gasteiger partial charge in [0.25, 0.3) is 0 Å². The van der Waals surface area contributed by atoms with Crippen molar-refractivity contribution in [1.82, 2.24) is 4.90 Å². The molecule has 0 aliphatic carbocycles. The Hall–Kier alpha value is -2.80. The number of nitrogens with one attached hydrogen (secondary N) is 1. The zero-order valence-electron chi connectivity index (χ0n) is 17.4. The Morgan fingerprint density at radius 3 is 2.21 bits per heavy atom. The number of hydrogen-bond acceptors (Lipinski definition) is 4. The zero-order chi connectivity index (χ0) is 21.8. The number of nitrogens with zero attached hydrogens (tertiary/aromatic N) is 1. The molecule has 3 N–H and O–H groups in total. The number of thioether (sulfide) groups is 1. The first-order chi connectivity index (χ1) is 13.5. The molecular formula is C22H27N3O3S. The summed E-state index contributed by atoms with van der Waals surface area (Å²) < 4.78 is 0.0888. The minimum Gasteiger partial charge on any atom is -0.366 e. The summed E-state index contributed by atoms with van der Waals surface area (Å²) >= 11 is 1.74. The smallest absolute Gasteiger partial charge is 0.313 e. The van der Waals surface area contributed by atoms with Gasteiger partial charge in [-0.1, -0.05) is 32.9 Å². The topological polar surface area (TPSA) is 92.5 Å². The number of nitrogens with two attached hydrogens (primary N) is 1. The first-order valence-electron chi connectivity index (χ1n) is 9.21. The molecule has 2 aromatic carbocycles. The molecule has 0 unspecified atom stereocenters. The van der Waals surface area contributed by atoms with Crippen LogP contribution in [-0.2, 0) is 16.1 Å². The van der Waals surface area contributed by atoms with Crippen LogP contribution < -0.4 is 11.1 Å². The summed E-state index contributed by atoms with van der Waals surface area (Å²) in [5.41, 5.74) is 7.91. The molecule has 0 aliphatic heterocycles. The quantitative estimate of drug-likeness (QED) is 0.579. The van der Waals surface area contributed by atoms with Crippen LogP contribution in [0, 0.1) is 6.92 Å². The molecule has 0 radical (unpaired) electrons. The highest BCUT2D eigenvalue weighted by molar-refractivity contribution is 8.00. The third-order valence-corrected chi connectivity index (χ3v) is 5.17. The monoisotopic (exact) mass is 413 g/mol. The van der Waals surface area contributed by atoms with Gasteiger partial charge in [0.2, 0.25) is 5.91 Å². The number of likely N-dealkylation sites (N-methyl/N-ethyl adjacent to an activating group) is 1. The van der Waals surface area contributed by atoms with Crippen molar-refractivity contribution in [3.8, 4) is 0 Å². The van der Waals surface area contributed by atoms with E-state index in [9.17, 15) is 14.4 Å². The van der Waals surface area contributed by atoms with E-state index in [-0.39, 0.29) is 11.3 Å². The highest BCUT2D eigenvalue weighted by atomic mass is 32.2.